The smallest absolute Gasteiger partial charge is 0.268 e. The molecule has 2 heterocycles. The van der Waals surface area contributed by atoms with E-state index in [1.807, 2.05) is 56.3 Å². The molecule has 2 amide bonds. The Bertz CT molecular complexity index is 1210. The van der Waals surface area contributed by atoms with Crippen molar-refractivity contribution in [2.24, 2.45) is 0 Å². The van der Waals surface area contributed by atoms with Crippen molar-refractivity contribution in [3.05, 3.63) is 93.4 Å². The molecular formula is C25H25N3O4. The molecule has 4 rings (SSSR count). The predicted molar refractivity (Wildman–Crippen MR) is 122 cm³/mol. The van der Waals surface area contributed by atoms with E-state index in [2.05, 4.69) is 5.32 Å². The van der Waals surface area contributed by atoms with Crippen LogP contribution in [0.4, 0.5) is 5.69 Å². The molecule has 0 saturated heterocycles. The number of hydrogen-bond acceptors (Lipinski definition) is 4. The zero-order chi connectivity index (χ0) is 22.7. The normalized spacial score (nSPS) is 12.6. The predicted octanol–water partition coefficient (Wildman–Crippen LogP) is 2.82. The maximum absolute atomic E-state index is 13.2. The van der Waals surface area contributed by atoms with E-state index in [0.29, 0.717) is 31.1 Å². The fourth-order valence-electron chi connectivity index (χ4n) is 3.67. The van der Waals surface area contributed by atoms with Crippen molar-refractivity contribution in [1.29, 1.82) is 0 Å². The Morgan fingerprint density at radius 3 is 2.53 bits per heavy atom. The summed E-state index contributed by atoms with van der Waals surface area (Å²) in [6.07, 6.45) is 0. The maximum Gasteiger partial charge on any atom is 0.268 e. The summed E-state index contributed by atoms with van der Waals surface area (Å²) in [5.74, 6) is -0.0537. The average molecular weight is 431 g/mol. The first-order valence-corrected chi connectivity index (χ1v) is 10.5. The van der Waals surface area contributed by atoms with E-state index in [0.717, 1.165) is 16.7 Å². The van der Waals surface area contributed by atoms with Crippen molar-refractivity contribution in [2.75, 3.05) is 18.1 Å². The number of hydrogen-bond donors (Lipinski definition) is 1. The van der Waals surface area contributed by atoms with Gasteiger partial charge in [-0.2, -0.15) is 0 Å². The number of nitrogens with zero attached hydrogens (tertiary/aromatic N) is 2. The molecule has 1 aromatic heterocycles. The number of pyridine rings is 1. The van der Waals surface area contributed by atoms with E-state index in [1.165, 1.54) is 16.7 Å². The van der Waals surface area contributed by atoms with Crippen LogP contribution in [0.3, 0.4) is 0 Å². The fourth-order valence-corrected chi connectivity index (χ4v) is 3.67. The summed E-state index contributed by atoms with van der Waals surface area (Å²) in [6.45, 7) is 4.78. The van der Waals surface area contributed by atoms with E-state index in [9.17, 15) is 14.4 Å². The Balaban J connectivity index is 1.54. The monoisotopic (exact) mass is 431 g/mol. The molecule has 0 unspecified atom stereocenters. The van der Waals surface area contributed by atoms with E-state index in [1.54, 1.807) is 11.0 Å². The highest BCUT2D eigenvalue weighted by Gasteiger charge is 2.25. The lowest BCUT2D eigenvalue weighted by atomic mass is 10.1. The SMILES string of the molecule is Cc1ccc(CNC(=O)c2cccc(=O)n2CC(=O)N2CCOc3ccc(C)cc32)cc1. The molecule has 7 nitrogen and oxygen atoms in total. The molecule has 0 aliphatic carbocycles. The first kappa shape index (κ1) is 21.4. The van der Waals surface area contributed by atoms with Gasteiger partial charge >= 0.3 is 0 Å². The van der Waals surface area contributed by atoms with Crippen LogP contribution >= 0.6 is 0 Å². The van der Waals surface area contributed by atoms with Crippen molar-refractivity contribution in [2.45, 2.75) is 26.9 Å². The van der Waals surface area contributed by atoms with E-state index in [4.69, 9.17) is 4.74 Å². The Hall–Kier alpha value is -3.87. The number of fused-ring (bicyclic) bond motifs is 1. The second kappa shape index (κ2) is 9.09. The molecule has 3 aromatic rings. The number of nitrogens with one attached hydrogen (secondary N) is 1. The number of carbonyl (C=O) groups excluding carboxylic acids is 2. The Labute approximate surface area is 186 Å². The first-order chi connectivity index (χ1) is 15.4. The van der Waals surface area contributed by atoms with E-state index < -0.39 is 11.5 Å². The number of rotatable bonds is 5. The molecule has 0 saturated carbocycles. The topological polar surface area (TPSA) is 80.6 Å². The van der Waals surface area contributed by atoms with Gasteiger partial charge in [0.2, 0.25) is 5.91 Å². The van der Waals surface area contributed by atoms with Gasteiger partial charge in [-0.25, -0.2) is 0 Å². The van der Waals surface area contributed by atoms with Gasteiger partial charge in [-0.05, 0) is 43.2 Å². The number of amides is 2. The Morgan fingerprint density at radius 1 is 1.00 bits per heavy atom. The molecule has 0 fully saturated rings. The molecule has 0 atom stereocenters. The van der Waals surface area contributed by atoms with Crippen molar-refractivity contribution in [3.8, 4) is 5.75 Å². The Kier molecular flexibility index (Phi) is 6.07. The summed E-state index contributed by atoms with van der Waals surface area (Å²) < 4.78 is 6.87. The summed E-state index contributed by atoms with van der Waals surface area (Å²) >= 11 is 0. The number of benzene rings is 2. The van der Waals surface area contributed by atoms with Gasteiger partial charge < -0.3 is 15.0 Å². The molecular weight excluding hydrogens is 406 g/mol. The minimum absolute atomic E-state index is 0.149. The van der Waals surface area contributed by atoms with Crippen molar-refractivity contribution < 1.29 is 14.3 Å². The summed E-state index contributed by atoms with van der Waals surface area (Å²) in [6, 6.07) is 17.9. The zero-order valence-corrected chi connectivity index (χ0v) is 18.1. The van der Waals surface area contributed by atoms with Crippen molar-refractivity contribution >= 4 is 17.5 Å². The third-order valence-corrected chi connectivity index (χ3v) is 5.43. The third kappa shape index (κ3) is 4.56. The second-order valence-corrected chi connectivity index (χ2v) is 7.87. The van der Waals surface area contributed by atoms with Gasteiger partial charge in [-0.1, -0.05) is 42.0 Å². The zero-order valence-electron chi connectivity index (χ0n) is 18.1. The maximum atomic E-state index is 13.2. The number of carbonyl (C=O) groups is 2. The molecule has 0 radical (unpaired) electrons. The van der Waals surface area contributed by atoms with Crippen LogP contribution in [-0.4, -0.2) is 29.5 Å². The van der Waals surface area contributed by atoms with Crippen LogP contribution in [0.25, 0.3) is 0 Å². The van der Waals surface area contributed by atoms with E-state index >= 15 is 0 Å². The fraction of sp³-hybridized carbons (Fsp3) is 0.240. The van der Waals surface area contributed by atoms with Gasteiger partial charge in [0.25, 0.3) is 11.5 Å². The van der Waals surface area contributed by atoms with Crippen LogP contribution in [0.15, 0.2) is 65.5 Å². The molecule has 2 aromatic carbocycles. The van der Waals surface area contributed by atoms with E-state index in [-0.39, 0.29) is 18.1 Å². The average Bonchev–Trinajstić information content (AvgIpc) is 2.79. The Morgan fingerprint density at radius 2 is 1.75 bits per heavy atom. The minimum atomic E-state index is -0.408. The molecule has 1 aliphatic rings. The van der Waals surface area contributed by atoms with Crippen LogP contribution in [0.1, 0.15) is 27.2 Å². The van der Waals surface area contributed by atoms with Crippen LogP contribution in [0.2, 0.25) is 0 Å². The van der Waals surface area contributed by atoms with Gasteiger partial charge in [-0.15, -0.1) is 0 Å². The third-order valence-electron chi connectivity index (χ3n) is 5.43. The molecule has 1 aliphatic heterocycles. The molecule has 0 spiro atoms. The number of anilines is 1. The first-order valence-electron chi connectivity index (χ1n) is 10.5. The molecule has 1 N–H and O–H groups in total. The van der Waals surface area contributed by atoms with Gasteiger partial charge in [0.15, 0.2) is 0 Å². The highest BCUT2D eigenvalue weighted by molar-refractivity contribution is 5.97. The van der Waals surface area contributed by atoms with Crippen LogP contribution in [0.5, 0.6) is 5.75 Å². The number of aromatic nitrogens is 1. The summed E-state index contributed by atoms with van der Waals surface area (Å²) in [5, 5.41) is 2.83. The largest absolute Gasteiger partial charge is 0.490 e. The van der Waals surface area contributed by atoms with Gasteiger partial charge in [0.1, 0.15) is 24.6 Å². The van der Waals surface area contributed by atoms with Crippen LogP contribution in [0, 0.1) is 13.8 Å². The van der Waals surface area contributed by atoms with Crippen molar-refractivity contribution in [1.82, 2.24) is 9.88 Å². The minimum Gasteiger partial charge on any atom is -0.490 e. The van der Waals surface area contributed by atoms with Crippen LogP contribution < -0.4 is 20.5 Å². The lowest BCUT2D eigenvalue weighted by Gasteiger charge is -2.30. The lowest BCUT2D eigenvalue weighted by Crippen LogP contribution is -2.42. The lowest BCUT2D eigenvalue weighted by molar-refractivity contribution is -0.119. The second-order valence-electron chi connectivity index (χ2n) is 7.87. The highest BCUT2D eigenvalue weighted by atomic mass is 16.5. The standard InChI is InChI=1S/C25H25N3O4/c1-17-6-9-19(10-7-17)15-26-25(31)20-4-3-5-23(29)28(20)16-24(30)27-12-13-32-22-11-8-18(2)14-21(22)27/h3-11,14H,12-13,15-16H2,1-2H3,(H,26,31). The van der Waals surface area contributed by atoms with Gasteiger partial charge in [-0.3, -0.25) is 19.0 Å². The molecule has 0 bridgehead atoms. The molecule has 164 valence electrons. The highest BCUT2D eigenvalue weighted by Crippen LogP contribution is 2.32. The quantitative estimate of drug-likeness (QED) is 0.674. The summed E-state index contributed by atoms with van der Waals surface area (Å²) in [7, 11) is 0. The van der Waals surface area contributed by atoms with Crippen LogP contribution in [-0.2, 0) is 17.9 Å². The van der Waals surface area contributed by atoms with Gasteiger partial charge in [0.05, 0.1) is 12.2 Å². The summed E-state index contributed by atoms with van der Waals surface area (Å²) in [5.41, 5.74) is 3.51. The van der Waals surface area contributed by atoms with Crippen molar-refractivity contribution in [3.63, 3.8) is 0 Å². The van der Waals surface area contributed by atoms with Gasteiger partial charge in [0, 0.05) is 12.6 Å². The molecule has 32 heavy (non-hydrogen) atoms. The summed E-state index contributed by atoms with van der Waals surface area (Å²) in [4.78, 5) is 40.2. The number of ether oxygens (including phenoxy) is 1. The molecule has 7 heteroatoms. The number of aryl methyl sites for hydroxylation is 2.